The molecular formula is C27H33N9O5. The number of hydrogen-bond donors (Lipinski definition) is 6. The van der Waals surface area contributed by atoms with E-state index in [4.69, 9.17) is 9.47 Å². The predicted octanol–water partition coefficient (Wildman–Crippen LogP) is 3.20. The molecule has 0 aliphatic rings. The van der Waals surface area contributed by atoms with Crippen LogP contribution < -0.4 is 31.8 Å². The number of rotatable bonds is 11. The van der Waals surface area contributed by atoms with Crippen molar-refractivity contribution in [1.82, 2.24) is 29.9 Å². The van der Waals surface area contributed by atoms with Gasteiger partial charge in [0.25, 0.3) is 0 Å². The van der Waals surface area contributed by atoms with Gasteiger partial charge in [0.05, 0.1) is 13.3 Å². The zero-order valence-electron chi connectivity index (χ0n) is 23.2. The summed E-state index contributed by atoms with van der Waals surface area (Å²) >= 11 is 0. The molecule has 0 unspecified atom stereocenters. The number of H-pyrrole nitrogens is 1. The number of hydrogen-bond acceptors (Lipinski definition) is 11. The van der Waals surface area contributed by atoms with Crippen molar-refractivity contribution in [2.24, 2.45) is 0 Å². The minimum atomic E-state index is -0.591. The summed E-state index contributed by atoms with van der Waals surface area (Å²) in [4.78, 5) is 39.3. The highest BCUT2D eigenvalue weighted by molar-refractivity contribution is 5.67. The van der Waals surface area contributed by atoms with Crippen LogP contribution in [0.3, 0.4) is 0 Å². The van der Waals surface area contributed by atoms with E-state index in [1.54, 1.807) is 7.11 Å². The molecule has 0 spiro atoms. The number of alkyl carbamates (subject to hydrolysis) is 1. The van der Waals surface area contributed by atoms with Crippen LogP contribution >= 0.6 is 0 Å². The first-order valence-corrected chi connectivity index (χ1v) is 12.8. The zero-order valence-corrected chi connectivity index (χ0v) is 23.2. The monoisotopic (exact) mass is 563 g/mol. The minimum absolute atomic E-state index is 0.0735. The summed E-state index contributed by atoms with van der Waals surface area (Å²) in [6, 6.07) is 15.2. The Balaban J connectivity index is 1.42. The van der Waals surface area contributed by atoms with E-state index < -0.39 is 17.4 Å². The fourth-order valence-corrected chi connectivity index (χ4v) is 3.53. The standard InChI is InChI=1S/C27H33N9O5/c1-27(2,3)41-26(39)30-15-18-7-5-17(6-8-18)13-28-22-32-23(29-14-19-9-11-20(40-4)12-10-19)34-24(33-22)35-36-16-21(37)31-25(36)38/h5-12,16,37H,13-15H2,1-4H3,(H,30,39)(H,31,38)(H3,28,29,32,33,34,35). The first-order valence-electron chi connectivity index (χ1n) is 12.8. The highest BCUT2D eigenvalue weighted by Gasteiger charge is 2.15. The molecule has 0 saturated carbocycles. The van der Waals surface area contributed by atoms with Crippen molar-refractivity contribution in [3.8, 4) is 11.6 Å². The van der Waals surface area contributed by atoms with Gasteiger partial charge in [0.15, 0.2) is 0 Å². The normalized spacial score (nSPS) is 11.0. The van der Waals surface area contributed by atoms with Crippen LogP contribution in [0.15, 0.2) is 59.5 Å². The third kappa shape index (κ3) is 8.88. The number of carbonyl (C=O) groups excluding carboxylic acids is 1. The van der Waals surface area contributed by atoms with Crippen molar-refractivity contribution >= 4 is 23.9 Å². The highest BCUT2D eigenvalue weighted by Crippen LogP contribution is 2.15. The maximum Gasteiger partial charge on any atom is 0.407 e. The molecule has 4 rings (SSSR count). The van der Waals surface area contributed by atoms with E-state index in [1.165, 1.54) is 6.20 Å². The van der Waals surface area contributed by atoms with Crippen molar-refractivity contribution < 1.29 is 19.4 Å². The molecule has 41 heavy (non-hydrogen) atoms. The van der Waals surface area contributed by atoms with Crippen LogP contribution in [0.2, 0.25) is 0 Å². The number of methoxy groups -OCH3 is 1. The molecule has 216 valence electrons. The average Bonchev–Trinajstić information content (AvgIpc) is 3.25. The Bertz CT molecular complexity index is 1510. The van der Waals surface area contributed by atoms with Gasteiger partial charge in [-0.1, -0.05) is 36.4 Å². The molecule has 2 aromatic carbocycles. The Morgan fingerprint density at radius 2 is 1.39 bits per heavy atom. The lowest BCUT2D eigenvalue weighted by Gasteiger charge is -2.19. The number of amides is 1. The van der Waals surface area contributed by atoms with Crippen LogP contribution in [0.1, 0.15) is 37.5 Å². The summed E-state index contributed by atoms with van der Waals surface area (Å²) in [6.45, 7) is 6.59. The zero-order chi connectivity index (χ0) is 29.4. The van der Waals surface area contributed by atoms with Crippen molar-refractivity contribution in [2.45, 2.75) is 46.0 Å². The minimum Gasteiger partial charge on any atom is -0.497 e. The van der Waals surface area contributed by atoms with E-state index in [9.17, 15) is 14.7 Å². The smallest absolute Gasteiger partial charge is 0.407 e. The first-order chi connectivity index (χ1) is 19.6. The molecular weight excluding hydrogens is 530 g/mol. The molecule has 4 aromatic rings. The van der Waals surface area contributed by atoms with Gasteiger partial charge in [-0.2, -0.15) is 15.0 Å². The lowest BCUT2D eigenvalue weighted by molar-refractivity contribution is 0.0523. The predicted molar refractivity (Wildman–Crippen MR) is 153 cm³/mol. The third-order valence-corrected chi connectivity index (χ3v) is 5.48. The largest absolute Gasteiger partial charge is 0.497 e. The molecule has 14 heteroatoms. The molecule has 0 bridgehead atoms. The summed E-state index contributed by atoms with van der Waals surface area (Å²) in [5.74, 6) is 1.03. The van der Waals surface area contributed by atoms with Crippen molar-refractivity contribution in [3.05, 3.63) is 81.9 Å². The molecule has 0 atom stereocenters. The first kappa shape index (κ1) is 28.7. The Labute approximate surface area is 236 Å². The van der Waals surface area contributed by atoms with Crippen LogP contribution in [0.4, 0.5) is 22.6 Å². The maximum atomic E-state index is 12.0. The molecule has 0 aliphatic carbocycles. The van der Waals surface area contributed by atoms with Crippen LogP contribution in [0, 0.1) is 0 Å². The van der Waals surface area contributed by atoms with Gasteiger partial charge in [0.2, 0.25) is 23.7 Å². The Morgan fingerprint density at radius 3 is 1.88 bits per heavy atom. The number of nitrogens with one attached hydrogen (secondary N) is 5. The van der Waals surface area contributed by atoms with Gasteiger partial charge in [-0.05, 0) is 49.6 Å². The highest BCUT2D eigenvalue weighted by atomic mass is 16.6. The fourth-order valence-electron chi connectivity index (χ4n) is 3.53. The molecule has 1 amide bonds. The number of ether oxygens (including phenoxy) is 2. The second kappa shape index (κ2) is 12.7. The Morgan fingerprint density at radius 1 is 0.878 bits per heavy atom. The summed E-state index contributed by atoms with van der Waals surface area (Å²) in [5.41, 5.74) is 4.42. The van der Waals surface area contributed by atoms with Crippen molar-refractivity contribution in [2.75, 3.05) is 23.2 Å². The van der Waals surface area contributed by atoms with E-state index in [-0.39, 0.29) is 23.7 Å². The van der Waals surface area contributed by atoms with Gasteiger partial charge in [0, 0.05) is 19.6 Å². The van der Waals surface area contributed by atoms with E-state index in [2.05, 4.69) is 41.3 Å². The molecule has 6 N–H and O–H groups in total. The second-order valence-electron chi connectivity index (χ2n) is 9.96. The van der Waals surface area contributed by atoms with Gasteiger partial charge in [-0.25, -0.2) is 14.3 Å². The van der Waals surface area contributed by atoms with E-state index in [1.807, 2.05) is 69.3 Å². The average molecular weight is 564 g/mol. The quantitative estimate of drug-likeness (QED) is 0.158. The molecule has 14 nitrogen and oxygen atoms in total. The number of carbonyl (C=O) groups is 1. The lowest BCUT2D eigenvalue weighted by Crippen LogP contribution is -2.32. The van der Waals surface area contributed by atoms with Crippen LogP contribution in [-0.4, -0.2) is 48.5 Å². The van der Waals surface area contributed by atoms with E-state index in [0.29, 0.717) is 19.6 Å². The van der Waals surface area contributed by atoms with Crippen LogP contribution in [0.25, 0.3) is 0 Å². The van der Waals surface area contributed by atoms with Gasteiger partial charge < -0.3 is 30.5 Å². The van der Waals surface area contributed by atoms with Crippen molar-refractivity contribution in [1.29, 1.82) is 0 Å². The number of nitrogens with zero attached hydrogens (tertiary/aromatic N) is 4. The topological polar surface area (TPSA) is 180 Å². The summed E-state index contributed by atoms with van der Waals surface area (Å²) < 4.78 is 11.5. The number of aromatic nitrogens is 5. The van der Waals surface area contributed by atoms with E-state index >= 15 is 0 Å². The molecule has 0 aliphatic heterocycles. The third-order valence-electron chi connectivity index (χ3n) is 5.48. The van der Waals surface area contributed by atoms with Gasteiger partial charge >= 0.3 is 11.8 Å². The molecule has 0 saturated heterocycles. The van der Waals surface area contributed by atoms with Crippen molar-refractivity contribution in [3.63, 3.8) is 0 Å². The second-order valence-corrected chi connectivity index (χ2v) is 9.96. The molecule has 0 radical (unpaired) electrons. The van der Waals surface area contributed by atoms with Gasteiger partial charge in [-0.3, -0.25) is 10.4 Å². The number of imidazole rings is 1. The lowest BCUT2D eigenvalue weighted by atomic mass is 10.1. The number of aromatic amines is 1. The van der Waals surface area contributed by atoms with Crippen LogP contribution in [0.5, 0.6) is 11.6 Å². The number of aromatic hydroxyl groups is 1. The maximum absolute atomic E-state index is 12.0. The van der Waals surface area contributed by atoms with E-state index in [0.717, 1.165) is 27.1 Å². The number of anilines is 3. The van der Waals surface area contributed by atoms with Crippen LogP contribution in [-0.2, 0) is 24.4 Å². The fraction of sp³-hybridized carbons (Fsp3) is 0.296. The van der Waals surface area contributed by atoms with Gasteiger partial charge in [-0.15, -0.1) is 0 Å². The molecule has 0 fully saturated rings. The van der Waals surface area contributed by atoms with Gasteiger partial charge in [0.1, 0.15) is 11.4 Å². The Kier molecular flexibility index (Phi) is 8.92. The molecule has 2 heterocycles. The molecule has 2 aromatic heterocycles. The Hall–Kier alpha value is -5.27. The summed E-state index contributed by atoms with van der Waals surface area (Å²) in [5, 5.41) is 18.6. The number of benzene rings is 2. The summed E-state index contributed by atoms with van der Waals surface area (Å²) in [6.07, 6.45) is 0.694. The summed E-state index contributed by atoms with van der Waals surface area (Å²) in [7, 11) is 1.61. The SMILES string of the molecule is COc1ccc(CNc2nc(NCc3ccc(CNC(=O)OC(C)(C)C)cc3)nc(Nn3cc(O)[nH]c3=O)n2)cc1.